The Morgan fingerprint density at radius 1 is 1.06 bits per heavy atom. The van der Waals surface area contributed by atoms with Gasteiger partial charge in [0.25, 0.3) is 0 Å². The van der Waals surface area contributed by atoms with Gasteiger partial charge in [-0.15, -0.1) is 0 Å². The minimum Gasteiger partial charge on any atom is -0.478 e. The number of carboxylic acid groups (broad SMARTS) is 1. The number of aliphatic hydroxyl groups is 1. The lowest BCUT2D eigenvalue weighted by Gasteiger charge is -2.06. The first kappa shape index (κ1) is 16.6. The van der Waals surface area contributed by atoms with E-state index >= 15 is 0 Å². The topological polar surface area (TPSA) is 102 Å². The van der Waals surface area contributed by atoms with Crippen molar-refractivity contribution in [1.82, 2.24) is 0 Å². The smallest absolute Gasteiger partial charge is 0.334 e. The van der Waals surface area contributed by atoms with Crippen LogP contribution in [-0.4, -0.2) is 61.8 Å². The molecule has 0 saturated heterocycles. The second kappa shape index (κ2) is 10.7. The van der Waals surface area contributed by atoms with Crippen molar-refractivity contribution in [3.05, 3.63) is 11.6 Å². The summed E-state index contributed by atoms with van der Waals surface area (Å²) in [7, 11) is 0. The Labute approximate surface area is 105 Å². The first-order valence-corrected chi connectivity index (χ1v) is 5.42. The van der Waals surface area contributed by atoms with Gasteiger partial charge in [0.15, 0.2) is 0 Å². The molecule has 0 saturated carbocycles. The van der Waals surface area contributed by atoms with E-state index in [2.05, 4.69) is 0 Å². The number of aliphatic carboxylic acids is 1. The summed E-state index contributed by atoms with van der Waals surface area (Å²) in [5.74, 6) is -1.88. The second-order valence-electron chi connectivity index (χ2n) is 3.25. The van der Waals surface area contributed by atoms with Crippen molar-refractivity contribution in [3.63, 3.8) is 0 Å². The van der Waals surface area contributed by atoms with Crippen LogP contribution in [0.15, 0.2) is 11.6 Å². The lowest BCUT2D eigenvalue weighted by atomic mass is 10.3. The molecule has 0 rings (SSSR count). The Bertz CT molecular complexity index is 285. The Kier molecular flexibility index (Phi) is 9.84. The molecule has 0 heterocycles. The Hall–Kier alpha value is -1.44. The molecule has 0 aliphatic rings. The molecule has 0 fully saturated rings. The van der Waals surface area contributed by atoms with Gasteiger partial charge in [0.1, 0.15) is 6.61 Å². The molecule has 0 spiro atoms. The minimum atomic E-state index is -1.19. The van der Waals surface area contributed by atoms with Crippen molar-refractivity contribution in [1.29, 1.82) is 0 Å². The lowest BCUT2D eigenvalue weighted by Crippen LogP contribution is -2.14. The maximum absolute atomic E-state index is 11.2. The predicted molar refractivity (Wildman–Crippen MR) is 61.1 cm³/mol. The minimum absolute atomic E-state index is 0.0220. The highest BCUT2D eigenvalue weighted by molar-refractivity contribution is 5.95. The third kappa shape index (κ3) is 9.76. The van der Waals surface area contributed by atoms with Gasteiger partial charge in [-0.2, -0.15) is 0 Å². The summed E-state index contributed by atoms with van der Waals surface area (Å²) >= 11 is 0. The average molecular weight is 262 g/mol. The largest absolute Gasteiger partial charge is 0.478 e. The Morgan fingerprint density at radius 2 is 1.61 bits per heavy atom. The van der Waals surface area contributed by atoms with E-state index in [4.69, 9.17) is 24.4 Å². The van der Waals surface area contributed by atoms with Gasteiger partial charge in [-0.05, 0) is 6.92 Å². The Morgan fingerprint density at radius 3 is 2.17 bits per heavy atom. The molecule has 0 aromatic rings. The molecule has 2 N–H and O–H groups in total. The number of carbonyl (C=O) groups excluding carboxylic acids is 1. The summed E-state index contributed by atoms with van der Waals surface area (Å²) in [5.41, 5.74) is 0.0220. The van der Waals surface area contributed by atoms with Gasteiger partial charge in [0.05, 0.1) is 33.0 Å². The summed E-state index contributed by atoms with van der Waals surface area (Å²) in [6, 6.07) is 0. The van der Waals surface area contributed by atoms with E-state index in [1.54, 1.807) is 0 Å². The molecule has 7 nitrogen and oxygen atoms in total. The van der Waals surface area contributed by atoms with Crippen LogP contribution in [0.4, 0.5) is 0 Å². The SMILES string of the molecule is C/C(=C/C(=O)O)C(=O)OCCOCCOCCO. The molecule has 0 bridgehead atoms. The highest BCUT2D eigenvalue weighted by Crippen LogP contribution is 1.96. The van der Waals surface area contributed by atoms with Crippen LogP contribution in [0.3, 0.4) is 0 Å². The molecule has 0 aromatic carbocycles. The highest BCUT2D eigenvalue weighted by atomic mass is 16.6. The second-order valence-corrected chi connectivity index (χ2v) is 3.25. The highest BCUT2D eigenvalue weighted by Gasteiger charge is 2.06. The van der Waals surface area contributed by atoms with Crippen LogP contribution in [0.1, 0.15) is 6.92 Å². The van der Waals surface area contributed by atoms with E-state index in [1.807, 2.05) is 0 Å². The molecule has 7 heteroatoms. The van der Waals surface area contributed by atoms with Gasteiger partial charge in [-0.3, -0.25) is 0 Å². The van der Waals surface area contributed by atoms with Gasteiger partial charge >= 0.3 is 11.9 Å². The standard InChI is InChI=1S/C11H18O7/c1-9(8-10(13)14)11(15)18-7-6-17-5-4-16-3-2-12/h8,12H,2-7H2,1H3,(H,13,14)/b9-8-. The molecule has 0 aliphatic heterocycles. The fourth-order valence-electron chi connectivity index (χ4n) is 0.938. The number of rotatable bonds is 10. The number of carbonyl (C=O) groups is 2. The number of carboxylic acids is 1. The summed E-state index contributed by atoms with van der Waals surface area (Å²) in [6.45, 7) is 2.52. The van der Waals surface area contributed by atoms with Crippen LogP contribution in [0.2, 0.25) is 0 Å². The van der Waals surface area contributed by atoms with Crippen molar-refractivity contribution in [3.8, 4) is 0 Å². The number of ether oxygens (including phenoxy) is 3. The molecule has 0 aromatic heterocycles. The van der Waals surface area contributed by atoms with Crippen LogP contribution in [0, 0.1) is 0 Å². The molecule has 0 amide bonds. The normalized spacial score (nSPS) is 11.3. The van der Waals surface area contributed by atoms with Gasteiger partial charge < -0.3 is 24.4 Å². The number of esters is 1. The molecular weight excluding hydrogens is 244 g/mol. The van der Waals surface area contributed by atoms with Crippen LogP contribution >= 0.6 is 0 Å². The quantitative estimate of drug-likeness (QED) is 0.313. The molecule has 104 valence electrons. The fraction of sp³-hybridized carbons (Fsp3) is 0.636. The average Bonchev–Trinajstić information content (AvgIpc) is 2.31. The van der Waals surface area contributed by atoms with E-state index in [-0.39, 0.29) is 32.0 Å². The zero-order valence-electron chi connectivity index (χ0n) is 10.3. The summed E-state index contributed by atoms with van der Waals surface area (Å²) in [4.78, 5) is 21.5. The molecule has 18 heavy (non-hydrogen) atoms. The van der Waals surface area contributed by atoms with Crippen molar-refractivity contribution in [2.24, 2.45) is 0 Å². The van der Waals surface area contributed by atoms with Crippen LogP contribution in [-0.2, 0) is 23.8 Å². The third-order valence-electron chi connectivity index (χ3n) is 1.73. The number of aliphatic hydroxyl groups excluding tert-OH is 1. The summed E-state index contributed by atoms with van der Waals surface area (Å²) in [5, 5.41) is 16.8. The third-order valence-corrected chi connectivity index (χ3v) is 1.73. The monoisotopic (exact) mass is 262 g/mol. The number of hydrogen-bond acceptors (Lipinski definition) is 6. The molecule has 0 atom stereocenters. The van der Waals surface area contributed by atoms with Gasteiger partial charge in [0.2, 0.25) is 0 Å². The van der Waals surface area contributed by atoms with E-state index in [9.17, 15) is 9.59 Å². The van der Waals surface area contributed by atoms with Crippen molar-refractivity contribution in [2.45, 2.75) is 6.92 Å². The molecule has 0 unspecified atom stereocenters. The molecular formula is C11H18O7. The zero-order chi connectivity index (χ0) is 13.8. The van der Waals surface area contributed by atoms with E-state index in [1.165, 1.54) is 6.92 Å². The van der Waals surface area contributed by atoms with Crippen molar-refractivity contribution >= 4 is 11.9 Å². The first-order chi connectivity index (χ1) is 8.57. The summed E-state index contributed by atoms with van der Waals surface area (Å²) in [6.07, 6.45) is 0.784. The molecule has 0 radical (unpaired) electrons. The van der Waals surface area contributed by atoms with Crippen molar-refractivity contribution < 1.29 is 34.0 Å². The van der Waals surface area contributed by atoms with Crippen molar-refractivity contribution in [2.75, 3.05) is 39.6 Å². The van der Waals surface area contributed by atoms with Gasteiger partial charge in [-0.1, -0.05) is 0 Å². The molecule has 0 aliphatic carbocycles. The number of hydrogen-bond donors (Lipinski definition) is 2. The van der Waals surface area contributed by atoms with Crippen LogP contribution in [0.5, 0.6) is 0 Å². The lowest BCUT2D eigenvalue weighted by molar-refractivity contribution is -0.141. The van der Waals surface area contributed by atoms with E-state index < -0.39 is 11.9 Å². The fourth-order valence-corrected chi connectivity index (χ4v) is 0.938. The van der Waals surface area contributed by atoms with Crippen LogP contribution in [0.25, 0.3) is 0 Å². The maximum Gasteiger partial charge on any atom is 0.334 e. The Balaban J connectivity index is 3.49. The predicted octanol–water partition coefficient (Wildman–Crippen LogP) is -0.414. The zero-order valence-corrected chi connectivity index (χ0v) is 10.3. The van der Waals surface area contributed by atoms with Gasteiger partial charge in [0, 0.05) is 11.6 Å². The van der Waals surface area contributed by atoms with E-state index in [0.29, 0.717) is 13.2 Å². The maximum atomic E-state index is 11.2. The van der Waals surface area contributed by atoms with Gasteiger partial charge in [-0.25, -0.2) is 9.59 Å². The van der Waals surface area contributed by atoms with E-state index in [0.717, 1.165) is 6.08 Å². The first-order valence-electron chi connectivity index (χ1n) is 5.42. The summed E-state index contributed by atoms with van der Waals surface area (Å²) < 4.78 is 14.8. The van der Waals surface area contributed by atoms with Crippen LogP contribution < -0.4 is 0 Å².